The van der Waals surface area contributed by atoms with Crippen LogP contribution in [0.5, 0.6) is 5.75 Å². The number of nitrogens with zero attached hydrogens (tertiary/aromatic N) is 1. The van der Waals surface area contributed by atoms with Gasteiger partial charge in [-0.05, 0) is 41.3 Å². The van der Waals surface area contributed by atoms with Gasteiger partial charge in [0.2, 0.25) is 0 Å². The second-order valence-corrected chi connectivity index (χ2v) is 4.72. The molecule has 0 atom stereocenters. The van der Waals surface area contributed by atoms with E-state index in [1.165, 1.54) is 0 Å². The lowest BCUT2D eigenvalue weighted by atomic mass is 9.65. The van der Waals surface area contributed by atoms with Gasteiger partial charge < -0.3 is 4.74 Å². The Hall–Kier alpha value is -1.01. The van der Waals surface area contributed by atoms with Gasteiger partial charge in [-0.15, -0.1) is 0 Å². The second-order valence-electron chi connectivity index (χ2n) is 3.87. The Morgan fingerprint density at radius 2 is 2.20 bits per heavy atom. The summed E-state index contributed by atoms with van der Waals surface area (Å²) in [7, 11) is 1.65. The van der Waals surface area contributed by atoms with Crippen molar-refractivity contribution in [2.75, 3.05) is 7.11 Å². The van der Waals surface area contributed by atoms with Crippen molar-refractivity contribution in [1.29, 1.82) is 5.26 Å². The highest BCUT2D eigenvalue weighted by molar-refractivity contribution is 9.10. The fraction of sp³-hybridized carbons (Fsp3) is 0.417. The highest BCUT2D eigenvalue weighted by Gasteiger charge is 2.41. The Bertz CT molecular complexity index is 418. The normalized spacial score (nSPS) is 17.7. The van der Waals surface area contributed by atoms with Crippen molar-refractivity contribution in [3.05, 3.63) is 28.2 Å². The van der Waals surface area contributed by atoms with E-state index in [9.17, 15) is 5.26 Å². The monoisotopic (exact) mass is 265 g/mol. The number of hydrogen-bond donors (Lipinski definition) is 0. The lowest BCUT2D eigenvalue weighted by molar-refractivity contribution is 0.306. The van der Waals surface area contributed by atoms with Crippen molar-refractivity contribution in [1.82, 2.24) is 0 Å². The third-order valence-electron chi connectivity index (χ3n) is 3.11. The summed E-state index contributed by atoms with van der Waals surface area (Å²) in [5.41, 5.74) is 0.711. The highest BCUT2D eigenvalue weighted by atomic mass is 79.9. The molecule has 0 aliphatic heterocycles. The molecule has 0 unspecified atom stereocenters. The number of methoxy groups -OCH3 is 1. The summed E-state index contributed by atoms with van der Waals surface area (Å²) < 4.78 is 6.28. The molecule has 0 spiro atoms. The molecule has 1 aliphatic carbocycles. The molecule has 3 heteroatoms. The average molecular weight is 266 g/mol. The van der Waals surface area contributed by atoms with Gasteiger partial charge in [0.05, 0.1) is 23.1 Å². The maximum atomic E-state index is 9.28. The zero-order valence-electron chi connectivity index (χ0n) is 8.59. The minimum absolute atomic E-state index is 0.310. The van der Waals surface area contributed by atoms with E-state index < -0.39 is 0 Å². The van der Waals surface area contributed by atoms with Gasteiger partial charge in [-0.25, -0.2) is 0 Å². The van der Waals surface area contributed by atoms with Gasteiger partial charge in [-0.1, -0.05) is 12.1 Å². The topological polar surface area (TPSA) is 33.0 Å². The molecule has 1 aromatic carbocycles. The van der Waals surface area contributed by atoms with E-state index in [1.54, 1.807) is 7.11 Å². The number of para-hydroxylation sites is 1. The lowest BCUT2D eigenvalue weighted by Crippen LogP contribution is -2.32. The number of nitriles is 1. The van der Waals surface area contributed by atoms with Crippen LogP contribution in [-0.4, -0.2) is 7.11 Å². The third-order valence-corrected chi connectivity index (χ3v) is 3.73. The largest absolute Gasteiger partial charge is 0.495 e. The number of benzene rings is 1. The maximum Gasteiger partial charge on any atom is 0.137 e. The number of rotatable bonds is 2. The van der Waals surface area contributed by atoms with E-state index in [0.717, 1.165) is 35.0 Å². The van der Waals surface area contributed by atoms with E-state index in [0.29, 0.717) is 0 Å². The number of hydrogen-bond acceptors (Lipinski definition) is 2. The molecule has 2 rings (SSSR count). The summed E-state index contributed by atoms with van der Waals surface area (Å²) in [6, 6.07) is 8.32. The van der Waals surface area contributed by atoms with Gasteiger partial charge in [-0.3, -0.25) is 0 Å². The zero-order chi connectivity index (χ0) is 10.9. The zero-order valence-corrected chi connectivity index (χ0v) is 10.2. The van der Waals surface area contributed by atoms with Crippen LogP contribution in [0.2, 0.25) is 0 Å². The average Bonchev–Trinajstić information content (AvgIpc) is 2.17. The third kappa shape index (κ3) is 1.53. The predicted molar refractivity (Wildman–Crippen MR) is 61.8 cm³/mol. The van der Waals surface area contributed by atoms with Crippen LogP contribution in [0.15, 0.2) is 22.7 Å². The smallest absolute Gasteiger partial charge is 0.137 e. The minimum atomic E-state index is -0.310. The van der Waals surface area contributed by atoms with Crippen molar-refractivity contribution < 1.29 is 4.74 Å². The van der Waals surface area contributed by atoms with E-state index in [4.69, 9.17) is 4.74 Å². The maximum absolute atomic E-state index is 9.28. The molecule has 0 radical (unpaired) electrons. The van der Waals surface area contributed by atoms with Crippen molar-refractivity contribution in [3.63, 3.8) is 0 Å². The fourth-order valence-corrected chi connectivity index (χ4v) is 2.59. The standard InChI is InChI=1S/C12H12BrNO/c1-15-11-9(4-2-5-10(11)13)12(8-14)6-3-7-12/h2,4-5H,3,6-7H2,1H3. The first-order chi connectivity index (χ1) is 7.23. The SMILES string of the molecule is COc1c(Br)cccc1C1(C#N)CCC1. The summed E-state index contributed by atoms with van der Waals surface area (Å²) >= 11 is 3.45. The Kier molecular flexibility index (Phi) is 2.70. The molecular formula is C12H12BrNO. The van der Waals surface area contributed by atoms with Crippen LogP contribution in [0.1, 0.15) is 24.8 Å². The molecule has 0 N–H and O–H groups in total. The summed E-state index contributed by atoms with van der Waals surface area (Å²) in [5.74, 6) is 0.804. The van der Waals surface area contributed by atoms with Crippen molar-refractivity contribution >= 4 is 15.9 Å². The first-order valence-electron chi connectivity index (χ1n) is 4.98. The molecule has 1 saturated carbocycles. The Balaban J connectivity index is 2.53. The van der Waals surface area contributed by atoms with Crippen LogP contribution >= 0.6 is 15.9 Å². The van der Waals surface area contributed by atoms with Crippen LogP contribution in [0.3, 0.4) is 0 Å². The molecule has 78 valence electrons. The molecule has 1 aliphatic rings. The van der Waals surface area contributed by atoms with Crippen LogP contribution in [0.25, 0.3) is 0 Å². The van der Waals surface area contributed by atoms with Gasteiger partial charge in [0.1, 0.15) is 5.75 Å². The molecule has 15 heavy (non-hydrogen) atoms. The Morgan fingerprint density at radius 3 is 2.67 bits per heavy atom. The molecule has 1 fully saturated rings. The lowest BCUT2D eigenvalue weighted by Gasteiger charge is -2.36. The predicted octanol–water partition coefficient (Wildman–Crippen LogP) is 3.40. The molecule has 0 heterocycles. The molecule has 1 aromatic rings. The van der Waals surface area contributed by atoms with E-state index in [-0.39, 0.29) is 5.41 Å². The van der Waals surface area contributed by atoms with Crippen LogP contribution in [-0.2, 0) is 5.41 Å². The van der Waals surface area contributed by atoms with Gasteiger partial charge in [-0.2, -0.15) is 5.26 Å². The van der Waals surface area contributed by atoms with Gasteiger partial charge in [0.25, 0.3) is 0 Å². The fourth-order valence-electron chi connectivity index (χ4n) is 2.06. The van der Waals surface area contributed by atoms with Crippen LogP contribution in [0.4, 0.5) is 0 Å². The molecule has 0 bridgehead atoms. The Labute approximate surface area is 98.0 Å². The van der Waals surface area contributed by atoms with Crippen molar-refractivity contribution in [3.8, 4) is 11.8 Å². The summed E-state index contributed by atoms with van der Waals surface area (Å²) in [4.78, 5) is 0. The number of halogens is 1. The molecule has 0 amide bonds. The van der Waals surface area contributed by atoms with Gasteiger partial charge >= 0.3 is 0 Å². The molecular weight excluding hydrogens is 254 g/mol. The first kappa shape index (κ1) is 10.5. The quantitative estimate of drug-likeness (QED) is 0.821. The Morgan fingerprint density at radius 1 is 1.47 bits per heavy atom. The highest BCUT2D eigenvalue weighted by Crippen LogP contribution is 2.48. The summed E-state index contributed by atoms with van der Waals surface area (Å²) in [5, 5.41) is 9.28. The van der Waals surface area contributed by atoms with E-state index >= 15 is 0 Å². The van der Waals surface area contributed by atoms with Gasteiger partial charge in [0, 0.05) is 5.56 Å². The molecule has 0 aromatic heterocycles. The molecule has 2 nitrogen and oxygen atoms in total. The molecule has 0 saturated heterocycles. The summed E-state index contributed by atoms with van der Waals surface area (Å²) in [6.45, 7) is 0. The summed E-state index contributed by atoms with van der Waals surface area (Å²) in [6.07, 6.45) is 3.01. The van der Waals surface area contributed by atoms with E-state index in [2.05, 4.69) is 22.0 Å². The van der Waals surface area contributed by atoms with Crippen LogP contribution < -0.4 is 4.74 Å². The second kappa shape index (κ2) is 3.86. The van der Waals surface area contributed by atoms with Crippen LogP contribution in [0, 0.1) is 11.3 Å². The van der Waals surface area contributed by atoms with Crippen molar-refractivity contribution in [2.24, 2.45) is 0 Å². The van der Waals surface area contributed by atoms with Crippen molar-refractivity contribution in [2.45, 2.75) is 24.7 Å². The minimum Gasteiger partial charge on any atom is -0.495 e. The number of ether oxygens (including phenoxy) is 1. The first-order valence-corrected chi connectivity index (χ1v) is 5.77. The van der Waals surface area contributed by atoms with Gasteiger partial charge in [0.15, 0.2) is 0 Å². The van der Waals surface area contributed by atoms with E-state index in [1.807, 2.05) is 18.2 Å².